The third kappa shape index (κ3) is 2.43. The Kier molecular flexibility index (Phi) is 3.11. The van der Waals surface area contributed by atoms with Crippen LogP contribution >= 0.6 is 0 Å². The van der Waals surface area contributed by atoms with Crippen LogP contribution in [-0.4, -0.2) is 16.7 Å². The molecule has 0 saturated heterocycles. The van der Waals surface area contributed by atoms with E-state index in [-0.39, 0.29) is 5.92 Å². The monoisotopic (exact) mass is 243 g/mol. The molecule has 94 valence electrons. The average Bonchev–Trinajstić information content (AvgIpc) is 3.16. The minimum atomic E-state index is 0.118. The van der Waals surface area contributed by atoms with Crippen LogP contribution in [0.15, 0.2) is 34.7 Å². The van der Waals surface area contributed by atoms with Gasteiger partial charge in [-0.25, -0.2) is 0 Å². The zero-order valence-electron chi connectivity index (χ0n) is 10.2. The summed E-state index contributed by atoms with van der Waals surface area (Å²) in [5.41, 5.74) is 7.08. The molecule has 0 spiro atoms. The molecule has 1 aromatic carbocycles. The van der Waals surface area contributed by atoms with E-state index in [1.54, 1.807) is 0 Å². The highest BCUT2D eigenvalue weighted by atomic mass is 16.4. The van der Waals surface area contributed by atoms with Gasteiger partial charge in [0.2, 0.25) is 11.8 Å². The normalized spacial score (nSPS) is 16.7. The molecule has 1 aromatic heterocycles. The predicted molar refractivity (Wildman–Crippen MR) is 68.2 cm³/mol. The van der Waals surface area contributed by atoms with Crippen molar-refractivity contribution in [1.82, 2.24) is 10.2 Å². The van der Waals surface area contributed by atoms with Crippen molar-refractivity contribution in [3.05, 3.63) is 47.7 Å². The van der Waals surface area contributed by atoms with E-state index in [1.165, 1.54) is 18.4 Å². The van der Waals surface area contributed by atoms with E-state index in [2.05, 4.69) is 22.3 Å². The smallest absolute Gasteiger partial charge is 0.221 e. The van der Waals surface area contributed by atoms with Gasteiger partial charge in [0, 0.05) is 12.5 Å². The van der Waals surface area contributed by atoms with Crippen LogP contribution in [0.5, 0.6) is 0 Å². The van der Waals surface area contributed by atoms with E-state index < -0.39 is 0 Å². The van der Waals surface area contributed by atoms with Gasteiger partial charge >= 0.3 is 0 Å². The summed E-state index contributed by atoms with van der Waals surface area (Å²) in [6.45, 7) is 0.529. The molecule has 1 aliphatic rings. The number of benzene rings is 1. The van der Waals surface area contributed by atoms with Crippen molar-refractivity contribution in [1.29, 1.82) is 0 Å². The van der Waals surface area contributed by atoms with Crippen LogP contribution in [0, 0.1) is 0 Å². The van der Waals surface area contributed by atoms with Gasteiger partial charge in [-0.05, 0) is 24.8 Å². The van der Waals surface area contributed by atoms with Crippen LogP contribution in [-0.2, 0) is 6.42 Å². The third-order valence-corrected chi connectivity index (χ3v) is 3.34. The van der Waals surface area contributed by atoms with Crippen molar-refractivity contribution in [2.45, 2.75) is 31.1 Å². The molecule has 0 aliphatic heterocycles. The molecule has 4 nitrogen and oxygen atoms in total. The number of rotatable bonds is 5. The van der Waals surface area contributed by atoms with Crippen LogP contribution in [0.3, 0.4) is 0 Å². The van der Waals surface area contributed by atoms with Gasteiger partial charge in [-0.1, -0.05) is 30.3 Å². The van der Waals surface area contributed by atoms with Crippen molar-refractivity contribution in [2.24, 2.45) is 5.73 Å². The lowest BCUT2D eigenvalue weighted by atomic mass is 9.99. The molecule has 1 saturated carbocycles. The summed E-state index contributed by atoms with van der Waals surface area (Å²) in [7, 11) is 0. The largest absolute Gasteiger partial charge is 0.425 e. The number of nitrogens with two attached hydrogens (primary N) is 1. The van der Waals surface area contributed by atoms with Crippen LogP contribution in [0.2, 0.25) is 0 Å². The maximum atomic E-state index is 5.83. The second-order valence-corrected chi connectivity index (χ2v) is 4.88. The molecule has 2 N–H and O–H groups in total. The highest BCUT2D eigenvalue weighted by Gasteiger charge is 2.30. The van der Waals surface area contributed by atoms with Gasteiger partial charge in [-0.2, -0.15) is 0 Å². The van der Waals surface area contributed by atoms with Crippen molar-refractivity contribution >= 4 is 0 Å². The number of aromatic nitrogens is 2. The van der Waals surface area contributed by atoms with Gasteiger partial charge in [0.15, 0.2) is 0 Å². The lowest BCUT2D eigenvalue weighted by Crippen LogP contribution is -2.15. The van der Waals surface area contributed by atoms with Crippen LogP contribution in [0.1, 0.15) is 42.0 Å². The highest BCUT2D eigenvalue weighted by molar-refractivity contribution is 5.17. The van der Waals surface area contributed by atoms with Crippen molar-refractivity contribution in [3.63, 3.8) is 0 Å². The van der Waals surface area contributed by atoms with E-state index >= 15 is 0 Å². The van der Waals surface area contributed by atoms with Gasteiger partial charge in [0.25, 0.3) is 0 Å². The second kappa shape index (κ2) is 4.90. The molecule has 1 atom stereocenters. The zero-order valence-corrected chi connectivity index (χ0v) is 10.2. The van der Waals surface area contributed by atoms with Gasteiger partial charge < -0.3 is 10.2 Å². The van der Waals surface area contributed by atoms with Gasteiger partial charge in [-0.15, -0.1) is 10.2 Å². The Morgan fingerprint density at radius 3 is 2.67 bits per heavy atom. The molecule has 1 fully saturated rings. The molecule has 1 unspecified atom stereocenters. The summed E-state index contributed by atoms with van der Waals surface area (Å²) >= 11 is 0. The molecule has 0 amide bonds. The highest BCUT2D eigenvalue weighted by Crippen LogP contribution is 2.39. The Hall–Kier alpha value is -1.68. The van der Waals surface area contributed by atoms with E-state index in [9.17, 15) is 0 Å². The lowest BCUT2D eigenvalue weighted by molar-refractivity contribution is 0.415. The first-order valence-corrected chi connectivity index (χ1v) is 6.44. The molecule has 4 heteroatoms. The first kappa shape index (κ1) is 11.4. The van der Waals surface area contributed by atoms with Crippen LogP contribution in [0.25, 0.3) is 0 Å². The van der Waals surface area contributed by atoms with Crippen LogP contribution in [0.4, 0.5) is 0 Å². The molecule has 2 aromatic rings. The van der Waals surface area contributed by atoms with Crippen molar-refractivity contribution < 1.29 is 4.42 Å². The van der Waals surface area contributed by atoms with Gasteiger partial charge in [-0.3, -0.25) is 0 Å². The number of hydrogen-bond acceptors (Lipinski definition) is 4. The molecule has 1 heterocycles. The topological polar surface area (TPSA) is 64.9 Å². The Bertz CT molecular complexity index is 505. The SMILES string of the molecule is NCC(Cc1ccccc1)c1nnc(C2CC2)o1. The molecular formula is C14H17N3O. The maximum absolute atomic E-state index is 5.83. The minimum Gasteiger partial charge on any atom is -0.425 e. The second-order valence-electron chi connectivity index (χ2n) is 4.88. The van der Waals surface area contributed by atoms with E-state index in [4.69, 9.17) is 10.2 Å². The fourth-order valence-corrected chi connectivity index (χ4v) is 2.08. The summed E-state index contributed by atoms with van der Waals surface area (Å²) in [4.78, 5) is 0. The molecule has 0 radical (unpaired) electrons. The number of nitrogens with zero attached hydrogens (tertiary/aromatic N) is 2. The first-order valence-electron chi connectivity index (χ1n) is 6.44. The van der Waals surface area contributed by atoms with Gasteiger partial charge in [0.1, 0.15) is 0 Å². The van der Waals surface area contributed by atoms with Crippen molar-refractivity contribution in [2.75, 3.05) is 6.54 Å². The van der Waals surface area contributed by atoms with Gasteiger partial charge in [0.05, 0.1) is 5.92 Å². The lowest BCUT2D eigenvalue weighted by Gasteiger charge is -2.09. The molecular weight excluding hydrogens is 226 g/mol. The third-order valence-electron chi connectivity index (χ3n) is 3.34. The van der Waals surface area contributed by atoms with E-state index in [0.717, 1.165) is 12.3 Å². The Morgan fingerprint density at radius 2 is 2.00 bits per heavy atom. The fraction of sp³-hybridized carbons (Fsp3) is 0.429. The first-order chi connectivity index (χ1) is 8.86. The summed E-state index contributed by atoms with van der Waals surface area (Å²) in [5.74, 6) is 2.09. The summed E-state index contributed by atoms with van der Waals surface area (Å²) < 4.78 is 5.73. The quantitative estimate of drug-likeness (QED) is 0.874. The minimum absolute atomic E-state index is 0.118. The standard InChI is InChI=1S/C14H17N3O/c15-9-12(8-10-4-2-1-3-5-10)14-17-16-13(18-14)11-6-7-11/h1-5,11-12H,6-9,15H2. The Balaban J connectivity index is 1.74. The van der Waals surface area contributed by atoms with E-state index in [0.29, 0.717) is 18.4 Å². The Labute approximate surface area is 106 Å². The maximum Gasteiger partial charge on any atom is 0.221 e. The molecule has 0 bridgehead atoms. The zero-order chi connectivity index (χ0) is 12.4. The molecule has 1 aliphatic carbocycles. The summed E-state index contributed by atoms with van der Waals surface area (Å²) in [6.07, 6.45) is 3.20. The fourth-order valence-electron chi connectivity index (χ4n) is 2.08. The average molecular weight is 243 g/mol. The summed E-state index contributed by atoms with van der Waals surface area (Å²) in [6, 6.07) is 10.3. The molecule has 3 rings (SSSR count). The summed E-state index contributed by atoms with van der Waals surface area (Å²) in [5, 5.41) is 8.26. The predicted octanol–water partition coefficient (Wildman–Crippen LogP) is 2.23. The number of hydrogen-bond donors (Lipinski definition) is 1. The van der Waals surface area contributed by atoms with Crippen LogP contribution < -0.4 is 5.73 Å². The van der Waals surface area contributed by atoms with E-state index in [1.807, 2.05) is 18.2 Å². The Morgan fingerprint density at radius 1 is 1.22 bits per heavy atom. The molecule has 18 heavy (non-hydrogen) atoms. The van der Waals surface area contributed by atoms with Crippen molar-refractivity contribution in [3.8, 4) is 0 Å².